The number of carbonyl (C=O) groups is 1. The van der Waals surface area contributed by atoms with E-state index in [1.54, 1.807) is 16.2 Å². The third kappa shape index (κ3) is 3.75. The van der Waals surface area contributed by atoms with Crippen LogP contribution in [0.3, 0.4) is 0 Å². The zero-order chi connectivity index (χ0) is 16.4. The average Bonchev–Trinajstić information content (AvgIpc) is 3.06. The van der Waals surface area contributed by atoms with Gasteiger partial charge in [-0.1, -0.05) is 0 Å². The van der Waals surface area contributed by atoms with E-state index in [1.807, 2.05) is 14.1 Å². The Labute approximate surface area is 143 Å². The van der Waals surface area contributed by atoms with Gasteiger partial charge in [0.1, 0.15) is 0 Å². The number of aryl methyl sites for hydroxylation is 1. The lowest BCUT2D eigenvalue weighted by atomic mass is 9.86. The third-order valence-corrected chi connectivity index (χ3v) is 6.07. The molecule has 0 bridgehead atoms. The summed E-state index contributed by atoms with van der Waals surface area (Å²) >= 11 is 1.73. The normalized spacial score (nSPS) is 26.0. The van der Waals surface area contributed by atoms with E-state index in [0.29, 0.717) is 6.54 Å². The minimum absolute atomic E-state index is 0.203. The summed E-state index contributed by atoms with van der Waals surface area (Å²) in [6, 6.07) is 0. The van der Waals surface area contributed by atoms with Gasteiger partial charge in [-0.2, -0.15) is 0 Å². The van der Waals surface area contributed by atoms with E-state index >= 15 is 0 Å². The van der Waals surface area contributed by atoms with Gasteiger partial charge >= 0.3 is 0 Å². The van der Waals surface area contributed by atoms with Gasteiger partial charge in [-0.15, -0.1) is 11.3 Å². The lowest BCUT2D eigenvalue weighted by Gasteiger charge is -2.46. The van der Waals surface area contributed by atoms with Crippen LogP contribution in [0, 0.1) is 6.92 Å². The number of piperidine rings is 1. The van der Waals surface area contributed by atoms with Crippen molar-refractivity contribution < 1.29 is 4.79 Å². The fraction of sp³-hybridized carbons (Fsp3) is 0.765. The van der Waals surface area contributed by atoms with Gasteiger partial charge in [0.05, 0.1) is 17.2 Å². The molecule has 3 rings (SSSR count). The fourth-order valence-corrected chi connectivity index (χ4v) is 4.66. The van der Waals surface area contributed by atoms with Gasteiger partial charge in [0.2, 0.25) is 5.91 Å². The molecule has 1 unspecified atom stereocenters. The molecule has 23 heavy (non-hydrogen) atoms. The Morgan fingerprint density at radius 1 is 1.35 bits per heavy atom. The molecule has 0 N–H and O–H groups in total. The summed E-state index contributed by atoms with van der Waals surface area (Å²) in [5.74, 6) is 0.221. The molecule has 2 aliphatic rings. The van der Waals surface area contributed by atoms with Gasteiger partial charge in [0.25, 0.3) is 0 Å². The zero-order valence-corrected chi connectivity index (χ0v) is 15.4. The van der Waals surface area contributed by atoms with Gasteiger partial charge in [-0.3, -0.25) is 14.6 Å². The van der Waals surface area contributed by atoms with E-state index in [9.17, 15) is 4.79 Å². The highest BCUT2D eigenvalue weighted by atomic mass is 32.1. The van der Waals surface area contributed by atoms with Crippen molar-refractivity contribution in [2.75, 3.05) is 40.3 Å². The Morgan fingerprint density at radius 2 is 2.09 bits per heavy atom. The summed E-state index contributed by atoms with van der Waals surface area (Å²) in [4.78, 5) is 23.5. The van der Waals surface area contributed by atoms with Crippen LogP contribution in [0.1, 0.15) is 36.4 Å². The Morgan fingerprint density at radius 3 is 2.74 bits per heavy atom. The smallest absolute Gasteiger partial charge is 0.236 e. The van der Waals surface area contributed by atoms with Gasteiger partial charge in [-0.25, -0.2) is 4.98 Å². The molecule has 1 atom stereocenters. The van der Waals surface area contributed by atoms with Crippen LogP contribution in [-0.2, 0) is 11.3 Å². The lowest BCUT2D eigenvalue weighted by molar-refractivity contribution is -0.131. The molecular formula is C17H28N4OS. The highest BCUT2D eigenvalue weighted by molar-refractivity contribution is 7.09. The van der Waals surface area contributed by atoms with Crippen LogP contribution in [0.4, 0.5) is 0 Å². The van der Waals surface area contributed by atoms with Crippen molar-refractivity contribution in [1.82, 2.24) is 19.7 Å². The molecule has 1 spiro atoms. The molecule has 0 aromatic carbocycles. The van der Waals surface area contributed by atoms with E-state index in [-0.39, 0.29) is 11.4 Å². The summed E-state index contributed by atoms with van der Waals surface area (Å²) < 4.78 is 0. The molecule has 3 heterocycles. The van der Waals surface area contributed by atoms with E-state index in [2.05, 4.69) is 27.1 Å². The molecule has 2 fully saturated rings. The van der Waals surface area contributed by atoms with Gasteiger partial charge in [-0.05, 0) is 45.7 Å². The van der Waals surface area contributed by atoms with Crippen molar-refractivity contribution in [3.63, 3.8) is 0 Å². The summed E-state index contributed by atoms with van der Waals surface area (Å²) in [5, 5.41) is 3.32. The Balaban J connectivity index is 1.66. The number of likely N-dealkylation sites (N-methyl/N-ethyl adjacent to an activating group) is 1. The van der Waals surface area contributed by atoms with Crippen LogP contribution in [0.5, 0.6) is 0 Å². The molecule has 0 aliphatic carbocycles. The molecule has 5 nitrogen and oxygen atoms in total. The Kier molecular flexibility index (Phi) is 5.04. The maximum Gasteiger partial charge on any atom is 0.236 e. The lowest BCUT2D eigenvalue weighted by Crippen LogP contribution is -2.57. The number of nitrogens with zero attached hydrogens (tertiary/aromatic N) is 4. The average molecular weight is 337 g/mol. The zero-order valence-electron chi connectivity index (χ0n) is 14.5. The van der Waals surface area contributed by atoms with E-state index in [1.165, 1.54) is 31.4 Å². The van der Waals surface area contributed by atoms with Crippen LogP contribution in [0.25, 0.3) is 0 Å². The van der Waals surface area contributed by atoms with Crippen LogP contribution < -0.4 is 0 Å². The second kappa shape index (κ2) is 6.87. The van der Waals surface area contributed by atoms with Gasteiger partial charge in [0.15, 0.2) is 0 Å². The fourth-order valence-electron chi connectivity index (χ4n) is 4.06. The van der Waals surface area contributed by atoms with E-state index in [4.69, 9.17) is 0 Å². The number of amides is 1. The Hall–Kier alpha value is -0.980. The molecular weight excluding hydrogens is 308 g/mol. The number of rotatable bonds is 4. The molecule has 128 valence electrons. The van der Waals surface area contributed by atoms with Crippen LogP contribution in [-0.4, -0.2) is 71.4 Å². The van der Waals surface area contributed by atoms with Crippen molar-refractivity contribution in [1.29, 1.82) is 0 Å². The van der Waals surface area contributed by atoms with Gasteiger partial charge < -0.3 is 4.90 Å². The summed E-state index contributed by atoms with van der Waals surface area (Å²) in [7, 11) is 3.70. The van der Waals surface area contributed by atoms with Crippen molar-refractivity contribution >= 4 is 17.2 Å². The monoisotopic (exact) mass is 336 g/mol. The van der Waals surface area contributed by atoms with Crippen molar-refractivity contribution in [2.24, 2.45) is 0 Å². The summed E-state index contributed by atoms with van der Waals surface area (Å²) in [5.41, 5.74) is 1.40. The quantitative estimate of drug-likeness (QED) is 0.843. The number of thiazole rings is 1. The maximum absolute atomic E-state index is 12.2. The van der Waals surface area contributed by atoms with Crippen molar-refractivity contribution in [3.05, 3.63) is 16.1 Å². The molecule has 6 heteroatoms. The van der Waals surface area contributed by atoms with Crippen LogP contribution in [0.2, 0.25) is 0 Å². The molecule has 2 saturated heterocycles. The highest BCUT2D eigenvalue weighted by Gasteiger charge is 2.44. The van der Waals surface area contributed by atoms with Crippen molar-refractivity contribution in [2.45, 2.75) is 44.7 Å². The predicted octanol–water partition coefficient (Wildman–Crippen LogP) is 1.97. The third-order valence-electron chi connectivity index (χ3n) is 5.25. The standard InChI is InChI=1S/C17H28N4OS/c1-14-18-15(12-23-14)10-20-8-4-6-17(13-20)7-5-9-21(17)11-16(22)19(2)3/h12H,4-11,13H2,1-3H3. The van der Waals surface area contributed by atoms with E-state index < -0.39 is 0 Å². The predicted molar refractivity (Wildman–Crippen MR) is 93.6 cm³/mol. The molecule has 0 saturated carbocycles. The maximum atomic E-state index is 12.2. The molecule has 0 radical (unpaired) electrons. The first kappa shape index (κ1) is 16.9. The van der Waals surface area contributed by atoms with Crippen LogP contribution >= 0.6 is 11.3 Å². The largest absolute Gasteiger partial charge is 0.348 e. The first-order valence-electron chi connectivity index (χ1n) is 8.57. The first-order chi connectivity index (χ1) is 11.0. The topological polar surface area (TPSA) is 39.7 Å². The number of carbonyl (C=O) groups excluding carboxylic acids is 1. The van der Waals surface area contributed by atoms with Gasteiger partial charge in [0, 0.05) is 38.1 Å². The number of hydrogen-bond acceptors (Lipinski definition) is 5. The highest BCUT2D eigenvalue weighted by Crippen LogP contribution is 2.37. The minimum atomic E-state index is 0.203. The number of likely N-dealkylation sites (tertiary alicyclic amines) is 2. The summed E-state index contributed by atoms with van der Waals surface area (Å²) in [6.07, 6.45) is 4.88. The molecule has 1 aromatic heterocycles. The first-order valence-corrected chi connectivity index (χ1v) is 9.45. The second-order valence-corrected chi connectivity index (χ2v) is 8.27. The molecule has 1 aromatic rings. The van der Waals surface area contributed by atoms with Crippen LogP contribution in [0.15, 0.2) is 5.38 Å². The number of aromatic nitrogens is 1. The second-order valence-electron chi connectivity index (χ2n) is 7.21. The van der Waals surface area contributed by atoms with E-state index in [0.717, 1.165) is 31.2 Å². The minimum Gasteiger partial charge on any atom is -0.348 e. The number of hydrogen-bond donors (Lipinski definition) is 0. The SMILES string of the molecule is Cc1nc(CN2CCCC3(CCCN3CC(=O)N(C)C)C2)cs1. The summed E-state index contributed by atoms with van der Waals surface area (Å²) in [6.45, 7) is 6.86. The molecule has 1 amide bonds. The molecule has 2 aliphatic heterocycles. The Bertz CT molecular complexity index is 559. The van der Waals surface area contributed by atoms with Crippen molar-refractivity contribution in [3.8, 4) is 0 Å².